The zero-order valence-corrected chi connectivity index (χ0v) is 17.4. The highest BCUT2D eigenvalue weighted by Crippen LogP contribution is 2.38. The number of likely N-dealkylation sites (tertiary alicyclic amines) is 1. The molecule has 2 atom stereocenters. The fourth-order valence-corrected chi connectivity index (χ4v) is 4.41. The molecule has 0 aliphatic carbocycles. The first-order valence-corrected chi connectivity index (χ1v) is 10.6. The number of hydrogen-bond donors (Lipinski definition) is 1. The van der Waals surface area contributed by atoms with Crippen LogP contribution in [0.1, 0.15) is 30.4 Å². The Balaban J connectivity index is 1.38. The third-order valence-corrected chi connectivity index (χ3v) is 6.13. The van der Waals surface area contributed by atoms with Crippen molar-refractivity contribution in [3.05, 3.63) is 65.5 Å². The normalized spacial score (nSPS) is 24.3. The van der Waals surface area contributed by atoms with Gasteiger partial charge in [-0.1, -0.05) is 36.4 Å². The number of nitrogens with zero attached hydrogens (tertiary/aromatic N) is 1. The zero-order valence-electron chi connectivity index (χ0n) is 17.4. The van der Waals surface area contributed by atoms with Crippen molar-refractivity contribution in [2.45, 2.75) is 44.5 Å². The molecule has 1 N–H and O–H groups in total. The maximum Gasteiger partial charge on any atom is 0.238 e. The molecule has 2 aliphatic heterocycles. The van der Waals surface area contributed by atoms with E-state index >= 15 is 0 Å². The van der Waals surface area contributed by atoms with Crippen LogP contribution in [0.4, 0.5) is 10.1 Å². The highest BCUT2D eigenvalue weighted by molar-refractivity contribution is 5.92. The number of rotatable bonds is 6. The predicted molar refractivity (Wildman–Crippen MR) is 114 cm³/mol. The SMILES string of the molecule is Cc1ccc(F)cc1NC(=O)CN1CC[C@@]2(CCCO2)[C@H](OCc2ccccc2)C1. The van der Waals surface area contributed by atoms with E-state index in [-0.39, 0.29) is 30.0 Å². The molecule has 1 spiro atoms. The van der Waals surface area contributed by atoms with Crippen molar-refractivity contribution in [3.63, 3.8) is 0 Å². The van der Waals surface area contributed by atoms with Gasteiger partial charge in [0.2, 0.25) is 5.91 Å². The molecule has 30 heavy (non-hydrogen) atoms. The molecule has 0 bridgehead atoms. The van der Waals surface area contributed by atoms with Crippen molar-refractivity contribution in [2.75, 3.05) is 31.6 Å². The molecular formula is C24H29FN2O3. The van der Waals surface area contributed by atoms with E-state index in [9.17, 15) is 9.18 Å². The van der Waals surface area contributed by atoms with Gasteiger partial charge in [-0.05, 0) is 49.4 Å². The molecule has 2 heterocycles. The summed E-state index contributed by atoms with van der Waals surface area (Å²) in [4.78, 5) is 14.7. The molecule has 160 valence electrons. The molecule has 0 saturated carbocycles. The van der Waals surface area contributed by atoms with Crippen LogP contribution < -0.4 is 5.32 Å². The summed E-state index contributed by atoms with van der Waals surface area (Å²) in [5, 5.41) is 2.84. The molecule has 1 amide bonds. The Morgan fingerprint density at radius 2 is 2.10 bits per heavy atom. The van der Waals surface area contributed by atoms with E-state index in [1.807, 2.05) is 25.1 Å². The van der Waals surface area contributed by atoms with Crippen molar-refractivity contribution >= 4 is 11.6 Å². The molecule has 5 nitrogen and oxygen atoms in total. The first-order valence-electron chi connectivity index (χ1n) is 10.6. The first-order chi connectivity index (χ1) is 14.5. The number of ether oxygens (including phenoxy) is 2. The average molecular weight is 413 g/mol. The molecule has 0 radical (unpaired) electrons. The van der Waals surface area contributed by atoms with Crippen molar-refractivity contribution in [1.82, 2.24) is 4.90 Å². The van der Waals surface area contributed by atoms with Gasteiger partial charge >= 0.3 is 0 Å². The summed E-state index contributed by atoms with van der Waals surface area (Å²) >= 11 is 0. The Hall–Kier alpha value is -2.28. The van der Waals surface area contributed by atoms with Gasteiger partial charge in [-0.25, -0.2) is 4.39 Å². The van der Waals surface area contributed by atoms with Crippen LogP contribution in [0.5, 0.6) is 0 Å². The number of nitrogens with one attached hydrogen (secondary N) is 1. The Labute approximate surface area is 177 Å². The quantitative estimate of drug-likeness (QED) is 0.782. The maximum atomic E-state index is 13.5. The second-order valence-electron chi connectivity index (χ2n) is 8.29. The summed E-state index contributed by atoms with van der Waals surface area (Å²) in [6, 6.07) is 14.5. The molecule has 6 heteroatoms. The average Bonchev–Trinajstić information content (AvgIpc) is 3.21. The third kappa shape index (κ3) is 4.89. The lowest BCUT2D eigenvalue weighted by Crippen LogP contribution is -2.57. The number of hydrogen-bond acceptors (Lipinski definition) is 4. The minimum absolute atomic E-state index is 0.0855. The van der Waals surface area contributed by atoms with Crippen molar-refractivity contribution < 1.29 is 18.7 Å². The smallest absolute Gasteiger partial charge is 0.238 e. The van der Waals surface area contributed by atoms with Crippen molar-refractivity contribution in [1.29, 1.82) is 0 Å². The third-order valence-electron chi connectivity index (χ3n) is 6.13. The van der Waals surface area contributed by atoms with Gasteiger partial charge in [0.15, 0.2) is 0 Å². The number of amides is 1. The van der Waals surface area contributed by atoms with Crippen LogP contribution in [-0.4, -0.2) is 48.8 Å². The topological polar surface area (TPSA) is 50.8 Å². The summed E-state index contributed by atoms with van der Waals surface area (Å²) in [5.74, 6) is -0.502. The lowest BCUT2D eigenvalue weighted by Gasteiger charge is -2.44. The fraction of sp³-hybridized carbons (Fsp3) is 0.458. The number of anilines is 1. The van der Waals surface area contributed by atoms with E-state index in [1.165, 1.54) is 12.1 Å². The Morgan fingerprint density at radius 3 is 2.87 bits per heavy atom. The van der Waals surface area contributed by atoms with Crippen LogP contribution in [-0.2, 0) is 20.9 Å². The number of carbonyl (C=O) groups is 1. The zero-order chi connectivity index (χ0) is 21.0. The van der Waals surface area contributed by atoms with Gasteiger partial charge in [0, 0.05) is 25.4 Å². The van der Waals surface area contributed by atoms with Gasteiger partial charge in [-0.3, -0.25) is 9.69 Å². The van der Waals surface area contributed by atoms with Gasteiger partial charge in [0.1, 0.15) is 5.82 Å². The fourth-order valence-electron chi connectivity index (χ4n) is 4.41. The standard InChI is InChI=1S/C24H29FN2O3/c1-18-8-9-20(25)14-21(18)26-23(28)16-27-12-11-24(10-5-13-30-24)22(15-27)29-17-19-6-3-2-4-7-19/h2-4,6-9,14,22H,5,10-13,15-17H2,1H3,(H,26,28)/t22-,24+/m1/s1. The molecule has 2 aromatic rings. The van der Waals surface area contributed by atoms with Crippen LogP contribution in [0, 0.1) is 12.7 Å². The molecule has 0 aromatic heterocycles. The minimum atomic E-state index is -0.358. The van der Waals surface area contributed by atoms with Gasteiger partial charge in [0.25, 0.3) is 0 Å². The number of benzene rings is 2. The summed E-state index contributed by atoms with van der Waals surface area (Å²) in [7, 11) is 0. The molecule has 4 rings (SSSR count). The molecule has 2 aromatic carbocycles. The molecular weight excluding hydrogens is 383 g/mol. The van der Waals surface area contributed by atoms with Crippen LogP contribution in [0.3, 0.4) is 0 Å². The first kappa shape index (κ1) is 21.0. The Bertz CT molecular complexity index is 868. The van der Waals surface area contributed by atoms with Crippen LogP contribution in [0.15, 0.2) is 48.5 Å². The van der Waals surface area contributed by atoms with Crippen LogP contribution in [0.25, 0.3) is 0 Å². The number of aryl methyl sites for hydroxylation is 1. The molecule has 2 saturated heterocycles. The predicted octanol–water partition coefficient (Wildman–Crippen LogP) is 3.91. The van der Waals surface area contributed by atoms with E-state index < -0.39 is 0 Å². The molecule has 2 fully saturated rings. The van der Waals surface area contributed by atoms with E-state index in [0.717, 1.165) is 43.5 Å². The summed E-state index contributed by atoms with van der Waals surface area (Å²) in [6.45, 7) is 4.81. The van der Waals surface area contributed by atoms with E-state index in [2.05, 4.69) is 22.3 Å². The molecule has 0 unspecified atom stereocenters. The van der Waals surface area contributed by atoms with E-state index in [4.69, 9.17) is 9.47 Å². The second kappa shape index (κ2) is 9.25. The number of halogens is 1. The van der Waals surface area contributed by atoms with Crippen LogP contribution in [0.2, 0.25) is 0 Å². The van der Waals surface area contributed by atoms with Gasteiger partial charge < -0.3 is 14.8 Å². The van der Waals surface area contributed by atoms with Crippen LogP contribution >= 0.6 is 0 Å². The highest BCUT2D eigenvalue weighted by atomic mass is 19.1. The Kier molecular flexibility index (Phi) is 6.46. The summed E-state index contributed by atoms with van der Waals surface area (Å²) in [6.07, 6.45) is 2.80. The van der Waals surface area contributed by atoms with Gasteiger partial charge in [0.05, 0.1) is 24.9 Å². The minimum Gasteiger partial charge on any atom is -0.372 e. The number of carbonyl (C=O) groups excluding carboxylic acids is 1. The Morgan fingerprint density at radius 1 is 1.27 bits per heavy atom. The van der Waals surface area contributed by atoms with E-state index in [1.54, 1.807) is 6.07 Å². The summed E-state index contributed by atoms with van der Waals surface area (Å²) < 4.78 is 26.0. The van der Waals surface area contributed by atoms with Crippen molar-refractivity contribution in [2.24, 2.45) is 0 Å². The van der Waals surface area contributed by atoms with E-state index in [0.29, 0.717) is 18.8 Å². The lowest BCUT2D eigenvalue weighted by atomic mass is 9.85. The largest absolute Gasteiger partial charge is 0.372 e. The van der Waals surface area contributed by atoms with Crippen molar-refractivity contribution in [3.8, 4) is 0 Å². The number of piperidine rings is 1. The maximum absolute atomic E-state index is 13.5. The highest BCUT2D eigenvalue weighted by Gasteiger charge is 2.47. The lowest BCUT2D eigenvalue weighted by molar-refractivity contribution is -0.159. The van der Waals surface area contributed by atoms with Gasteiger partial charge in [-0.2, -0.15) is 0 Å². The van der Waals surface area contributed by atoms with Gasteiger partial charge in [-0.15, -0.1) is 0 Å². The molecule has 2 aliphatic rings. The summed E-state index contributed by atoms with van der Waals surface area (Å²) in [5.41, 5.74) is 2.23. The second-order valence-corrected chi connectivity index (χ2v) is 8.29. The monoisotopic (exact) mass is 412 g/mol.